The molecule has 34 heavy (non-hydrogen) atoms. The van der Waals surface area contributed by atoms with Crippen molar-refractivity contribution in [2.45, 2.75) is 45.4 Å². The molecule has 3 amide bonds. The van der Waals surface area contributed by atoms with Gasteiger partial charge in [-0.2, -0.15) is 0 Å². The molecule has 0 saturated carbocycles. The zero-order valence-corrected chi connectivity index (χ0v) is 20.4. The number of aliphatic hydroxyl groups is 1. The van der Waals surface area contributed by atoms with Gasteiger partial charge in [0.15, 0.2) is 0 Å². The Bertz CT molecular complexity index is 983. The quantitative estimate of drug-likeness (QED) is 0.545. The molecule has 0 aliphatic carbocycles. The largest absolute Gasteiger partial charge is 0.497 e. The topological polar surface area (TPSA) is 117 Å². The molecule has 0 aliphatic heterocycles. The first-order valence-electron chi connectivity index (χ1n) is 10.8. The van der Waals surface area contributed by atoms with Crippen molar-refractivity contribution in [3.8, 4) is 5.75 Å². The zero-order chi connectivity index (χ0) is 25.5. The van der Waals surface area contributed by atoms with E-state index in [-0.39, 0.29) is 0 Å². The van der Waals surface area contributed by atoms with Gasteiger partial charge in [-0.25, -0.2) is 4.79 Å². The summed E-state index contributed by atoms with van der Waals surface area (Å²) in [5.41, 5.74) is 1.31. The second-order valence-corrected chi connectivity index (χ2v) is 8.86. The molecule has 9 heteroatoms. The fourth-order valence-corrected chi connectivity index (χ4v) is 3.19. The normalized spacial score (nSPS) is 12.8. The predicted octanol–water partition coefficient (Wildman–Crippen LogP) is 3.03. The average Bonchev–Trinajstić information content (AvgIpc) is 2.77. The van der Waals surface area contributed by atoms with Crippen molar-refractivity contribution in [3.05, 3.63) is 59.7 Å². The molecule has 184 valence electrons. The van der Waals surface area contributed by atoms with Crippen LogP contribution in [0.5, 0.6) is 5.75 Å². The van der Waals surface area contributed by atoms with Gasteiger partial charge in [-0.3, -0.25) is 9.59 Å². The highest BCUT2D eigenvalue weighted by Crippen LogP contribution is 2.24. The molecule has 0 bridgehead atoms. The van der Waals surface area contributed by atoms with Crippen molar-refractivity contribution in [1.29, 1.82) is 0 Å². The van der Waals surface area contributed by atoms with Crippen LogP contribution in [-0.2, 0) is 14.3 Å². The lowest BCUT2D eigenvalue weighted by Crippen LogP contribution is -2.52. The average molecular weight is 472 g/mol. The van der Waals surface area contributed by atoms with Crippen LogP contribution in [0.2, 0.25) is 0 Å². The molecule has 0 saturated heterocycles. The Hall–Kier alpha value is -3.59. The summed E-state index contributed by atoms with van der Waals surface area (Å²) in [4.78, 5) is 39.9. The number of hydrogen-bond acceptors (Lipinski definition) is 6. The Balaban J connectivity index is 2.29. The fraction of sp³-hybridized carbons (Fsp3) is 0.400. The zero-order valence-electron chi connectivity index (χ0n) is 20.4. The number of alkyl carbamates (subject to hydrolysis) is 1. The summed E-state index contributed by atoms with van der Waals surface area (Å²) < 4.78 is 10.3. The molecule has 2 unspecified atom stereocenters. The molecule has 2 rings (SSSR count). The first-order valence-corrected chi connectivity index (χ1v) is 10.8. The number of carbonyl (C=O) groups is 3. The van der Waals surface area contributed by atoms with Gasteiger partial charge < -0.3 is 30.1 Å². The molecule has 0 radical (unpaired) electrons. The molecule has 9 nitrogen and oxygen atoms in total. The number of likely N-dealkylation sites (N-methyl/N-ethyl adjacent to an activating group) is 1. The van der Waals surface area contributed by atoms with Crippen LogP contribution in [0, 0.1) is 6.92 Å². The molecule has 3 N–H and O–H groups in total. The van der Waals surface area contributed by atoms with Gasteiger partial charge in [0.2, 0.25) is 5.91 Å². The van der Waals surface area contributed by atoms with Crippen molar-refractivity contribution >= 4 is 23.6 Å². The number of carbonyl (C=O) groups excluding carboxylic acids is 3. The summed E-state index contributed by atoms with van der Waals surface area (Å²) in [6.07, 6.45) is -0.845. The van der Waals surface area contributed by atoms with E-state index < -0.39 is 42.2 Å². The maximum Gasteiger partial charge on any atom is 0.408 e. The second-order valence-electron chi connectivity index (χ2n) is 8.86. The summed E-state index contributed by atoms with van der Waals surface area (Å²) in [6.45, 7) is 6.31. The Labute approximate surface area is 200 Å². The van der Waals surface area contributed by atoms with Crippen molar-refractivity contribution in [2.75, 3.05) is 26.1 Å². The lowest BCUT2D eigenvalue weighted by molar-refractivity contribution is -0.139. The predicted molar refractivity (Wildman–Crippen MR) is 129 cm³/mol. The van der Waals surface area contributed by atoms with Crippen molar-refractivity contribution in [1.82, 2.24) is 10.2 Å². The van der Waals surface area contributed by atoms with Gasteiger partial charge in [-0.05, 0) is 57.5 Å². The van der Waals surface area contributed by atoms with Gasteiger partial charge in [-0.1, -0.05) is 29.8 Å². The second kappa shape index (κ2) is 11.5. The molecule has 2 atom stereocenters. The Morgan fingerprint density at radius 2 is 1.62 bits per heavy atom. The third kappa shape index (κ3) is 7.48. The molecule has 2 aromatic rings. The highest BCUT2D eigenvalue weighted by atomic mass is 16.6. The first kappa shape index (κ1) is 26.7. The van der Waals surface area contributed by atoms with Crippen LogP contribution in [0.3, 0.4) is 0 Å². The highest BCUT2D eigenvalue weighted by Gasteiger charge is 2.34. The number of amides is 3. The number of aryl methyl sites for hydroxylation is 1. The van der Waals surface area contributed by atoms with Gasteiger partial charge in [0.1, 0.15) is 23.4 Å². The number of anilines is 1. The first-order chi connectivity index (χ1) is 15.9. The van der Waals surface area contributed by atoms with Crippen LogP contribution in [-0.4, -0.2) is 60.3 Å². The van der Waals surface area contributed by atoms with E-state index in [0.29, 0.717) is 17.0 Å². The number of methoxy groups -OCH3 is 1. The van der Waals surface area contributed by atoms with Crippen LogP contribution in [0.25, 0.3) is 0 Å². The van der Waals surface area contributed by atoms with Crippen molar-refractivity contribution in [2.24, 2.45) is 0 Å². The van der Waals surface area contributed by atoms with E-state index in [9.17, 15) is 19.5 Å². The minimum atomic E-state index is -1.29. The maximum atomic E-state index is 13.3. The lowest BCUT2D eigenvalue weighted by atomic mass is 10.0. The van der Waals surface area contributed by atoms with Crippen LogP contribution in [0.1, 0.15) is 37.9 Å². The molecule has 2 aromatic carbocycles. The summed E-state index contributed by atoms with van der Waals surface area (Å²) in [7, 11) is 2.99. The van der Waals surface area contributed by atoms with Gasteiger partial charge in [0, 0.05) is 12.7 Å². The van der Waals surface area contributed by atoms with E-state index in [1.54, 1.807) is 64.3 Å². The van der Waals surface area contributed by atoms with Gasteiger partial charge in [-0.15, -0.1) is 0 Å². The lowest BCUT2D eigenvalue weighted by Gasteiger charge is -2.31. The van der Waals surface area contributed by atoms with E-state index in [0.717, 1.165) is 5.56 Å². The van der Waals surface area contributed by atoms with E-state index >= 15 is 0 Å². The Kier molecular flexibility index (Phi) is 9.03. The van der Waals surface area contributed by atoms with Gasteiger partial charge in [0.25, 0.3) is 5.91 Å². The molecule has 0 aliphatic rings. The monoisotopic (exact) mass is 471 g/mol. The van der Waals surface area contributed by atoms with E-state index in [2.05, 4.69) is 10.6 Å². The molecular formula is C25H33N3O6. The van der Waals surface area contributed by atoms with Crippen LogP contribution < -0.4 is 15.4 Å². The van der Waals surface area contributed by atoms with Crippen molar-refractivity contribution < 1.29 is 29.0 Å². The maximum absolute atomic E-state index is 13.3. The highest BCUT2D eigenvalue weighted by molar-refractivity contribution is 5.99. The Morgan fingerprint density at radius 1 is 1.03 bits per heavy atom. The number of benzene rings is 2. The van der Waals surface area contributed by atoms with Gasteiger partial charge in [0.05, 0.1) is 13.7 Å². The molecule has 0 fully saturated rings. The fourth-order valence-electron chi connectivity index (χ4n) is 3.19. The van der Waals surface area contributed by atoms with E-state index in [1.165, 1.54) is 11.9 Å². The third-order valence-electron chi connectivity index (χ3n) is 4.91. The molecule has 0 heterocycles. The number of nitrogens with one attached hydrogen (secondary N) is 2. The number of rotatable bonds is 8. The van der Waals surface area contributed by atoms with Crippen LogP contribution in [0.4, 0.5) is 10.5 Å². The summed E-state index contributed by atoms with van der Waals surface area (Å²) in [6, 6.07) is 11.7. The summed E-state index contributed by atoms with van der Waals surface area (Å²) in [5, 5.41) is 15.0. The molecule has 0 aromatic heterocycles. The third-order valence-corrected chi connectivity index (χ3v) is 4.91. The van der Waals surface area contributed by atoms with Crippen LogP contribution in [0.15, 0.2) is 48.5 Å². The molecule has 0 spiro atoms. The van der Waals surface area contributed by atoms with E-state index in [4.69, 9.17) is 9.47 Å². The minimum Gasteiger partial charge on any atom is -0.497 e. The Morgan fingerprint density at radius 3 is 2.12 bits per heavy atom. The van der Waals surface area contributed by atoms with Crippen LogP contribution >= 0.6 is 0 Å². The van der Waals surface area contributed by atoms with E-state index in [1.807, 2.05) is 19.1 Å². The summed E-state index contributed by atoms with van der Waals surface area (Å²) >= 11 is 0. The number of ether oxygens (including phenoxy) is 2. The van der Waals surface area contributed by atoms with Crippen molar-refractivity contribution in [3.63, 3.8) is 0 Å². The minimum absolute atomic E-state index is 0.459. The standard InChI is InChI=1S/C25H33N3O6/c1-16-7-9-17(10-8-16)21(22(30)26-18-11-13-19(33-6)14-12-18)28(5)23(31)20(15-29)27-24(32)34-25(2,3)4/h7-14,20-21,29H,15H2,1-6H3,(H,26,30)(H,27,32). The number of aliphatic hydroxyl groups excluding tert-OH is 1. The number of hydrogen-bond donors (Lipinski definition) is 3. The number of nitrogens with zero attached hydrogens (tertiary/aromatic N) is 1. The van der Waals surface area contributed by atoms with Gasteiger partial charge >= 0.3 is 6.09 Å². The molecular weight excluding hydrogens is 438 g/mol. The summed E-state index contributed by atoms with van der Waals surface area (Å²) in [5.74, 6) is -0.470. The SMILES string of the molecule is COc1ccc(NC(=O)C(c2ccc(C)cc2)N(C)C(=O)C(CO)NC(=O)OC(C)(C)C)cc1. The smallest absolute Gasteiger partial charge is 0.408 e.